The number of aromatic nitrogens is 5. The van der Waals surface area contributed by atoms with Crippen LogP contribution < -0.4 is 16.1 Å². The van der Waals surface area contributed by atoms with Crippen LogP contribution in [0.2, 0.25) is 0 Å². The highest BCUT2D eigenvalue weighted by Crippen LogP contribution is 2.19. The van der Waals surface area contributed by atoms with E-state index in [-0.39, 0.29) is 11.5 Å². The molecule has 11 heteroatoms. The second-order valence-electron chi connectivity index (χ2n) is 7.10. The fraction of sp³-hybridized carbons (Fsp3) is 0.500. The summed E-state index contributed by atoms with van der Waals surface area (Å²) in [5, 5.41) is 2.96. The van der Waals surface area contributed by atoms with Crippen LogP contribution in [-0.2, 0) is 25.4 Å². The molecule has 1 aliphatic heterocycles. The van der Waals surface area contributed by atoms with E-state index < -0.39 is 5.69 Å². The summed E-state index contributed by atoms with van der Waals surface area (Å²) >= 11 is 1.61. The number of imidazole rings is 1. The van der Waals surface area contributed by atoms with E-state index >= 15 is 0 Å². The maximum absolute atomic E-state index is 12.6. The zero-order valence-corrected chi connectivity index (χ0v) is 17.3. The van der Waals surface area contributed by atoms with Gasteiger partial charge in [0.05, 0.1) is 6.33 Å². The predicted molar refractivity (Wildman–Crippen MR) is 110 cm³/mol. The van der Waals surface area contributed by atoms with Crippen LogP contribution in [0.15, 0.2) is 27.5 Å². The van der Waals surface area contributed by atoms with Gasteiger partial charge in [0.15, 0.2) is 16.3 Å². The largest absolute Gasteiger partial charge is 0.345 e. The Balaban J connectivity index is 1.36. The topological polar surface area (TPSA) is 98.3 Å². The minimum atomic E-state index is -0.403. The van der Waals surface area contributed by atoms with Crippen molar-refractivity contribution < 1.29 is 4.79 Å². The molecule has 0 unspecified atom stereocenters. The van der Waals surface area contributed by atoms with Crippen LogP contribution in [0.25, 0.3) is 11.2 Å². The first-order valence-corrected chi connectivity index (χ1v) is 10.4. The third-order valence-electron chi connectivity index (χ3n) is 5.33. The first kappa shape index (κ1) is 19.4. The monoisotopic (exact) mass is 417 g/mol. The molecule has 0 N–H and O–H groups in total. The highest BCUT2D eigenvalue weighted by Gasteiger charge is 2.22. The van der Waals surface area contributed by atoms with Gasteiger partial charge < -0.3 is 14.4 Å². The van der Waals surface area contributed by atoms with Crippen molar-refractivity contribution >= 4 is 33.5 Å². The van der Waals surface area contributed by atoms with Gasteiger partial charge >= 0.3 is 5.69 Å². The average Bonchev–Trinajstić information content (AvgIpc) is 3.41. The summed E-state index contributed by atoms with van der Waals surface area (Å²) < 4.78 is 4.17. The number of carbonyl (C=O) groups excluding carboxylic acids is 1. The summed E-state index contributed by atoms with van der Waals surface area (Å²) in [7, 11) is 3.05. The molecule has 1 fully saturated rings. The lowest BCUT2D eigenvalue weighted by atomic mass is 10.2. The van der Waals surface area contributed by atoms with Crippen LogP contribution in [0.4, 0.5) is 5.13 Å². The van der Waals surface area contributed by atoms with Crippen molar-refractivity contribution in [3.05, 3.63) is 38.7 Å². The van der Waals surface area contributed by atoms with E-state index in [0.29, 0.717) is 43.6 Å². The third-order valence-corrected chi connectivity index (χ3v) is 6.16. The van der Waals surface area contributed by atoms with Gasteiger partial charge in [-0.25, -0.2) is 14.8 Å². The van der Waals surface area contributed by atoms with E-state index in [0.717, 1.165) is 22.8 Å². The number of piperazine rings is 1. The molecule has 0 aromatic carbocycles. The summed E-state index contributed by atoms with van der Waals surface area (Å²) in [5.41, 5.74) is -0.0214. The minimum Gasteiger partial charge on any atom is -0.345 e. The molecule has 0 spiro atoms. The minimum absolute atomic E-state index is 0.119. The Hall–Kier alpha value is -2.95. The first-order valence-electron chi connectivity index (χ1n) is 9.50. The van der Waals surface area contributed by atoms with Crippen molar-refractivity contribution in [2.45, 2.75) is 19.4 Å². The molecule has 0 aliphatic carbocycles. The summed E-state index contributed by atoms with van der Waals surface area (Å²) in [4.78, 5) is 49.6. The third kappa shape index (κ3) is 3.57. The number of nitrogens with zero attached hydrogens (tertiary/aromatic N) is 7. The molecule has 29 heavy (non-hydrogen) atoms. The number of aryl methyl sites for hydroxylation is 2. The number of hydrogen-bond donors (Lipinski definition) is 0. The molecule has 0 radical (unpaired) electrons. The summed E-state index contributed by atoms with van der Waals surface area (Å²) in [6, 6.07) is 0. The molecule has 1 saturated heterocycles. The number of hydrogen-bond acceptors (Lipinski definition) is 7. The Labute approximate surface area is 170 Å². The molecule has 0 saturated carbocycles. The van der Waals surface area contributed by atoms with Crippen molar-refractivity contribution in [2.75, 3.05) is 31.1 Å². The van der Waals surface area contributed by atoms with Crippen LogP contribution in [0.5, 0.6) is 0 Å². The molecule has 4 heterocycles. The molecule has 0 atom stereocenters. The Morgan fingerprint density at radius 2 is 1.86 bits per heavy atom. The summed E-state index contributed by atoms with van der Waals surface area (Å²) in [6.07, 6.45) is 4.36. The van der Waals surface area contributed by atoms with Crippen LogP contribution in [0.1, 0.15) is 12.8 Å². The van der Waals surface area contributed by atoms with Gasteiger partial charge in [0.25, 0.3) is 5.56 Å². The number of rotatable bonds is 5. The van der Waals surface area contributed by atoms with Crippen LogP contribution >= 0.6 is 11.3 Å². The standard InChI is InChI=1S/C18H23N7O3S/c1-21-15-14(16(27)22(2)18(21)28)25(12-20-15)6-3-4-13(26)23-7-9-24(10-8-23)17-19-5-11-29-17/h5,11-12H,3-4,6-10H2,1-2H3. The number of thiazole rings is 1. The second-order valence-corrected chi connectivity index (χ2v) is 7.98. The van der Waals surface area contributed by atoms with E-state index in [9.17, 15) is 14.4 Å². The highest BCUT2D eigenvalue weighted by atomic mass is 32.1. The lowest BCUT2D eigenvalue weighted by Gasteiger charge is -2.34. The van der Waals surface area contributed by atoms with E-state index in [2.05, 4.69) is 14.9 Å². The number of fused-ring (bicyclic) bond motifs is 1. The Morgan fingerprint density at radius 1 is 1.10 bits per heavy atom. The molecular weight excluding hydrogens is 394 g/mol. The van der Waals surface area contributed by atoms with Gasteiger partial charge in [0, 0.05) is 64.8 Å². The molecule has 154 valence electrons. The lowest BCUT2D eigenvalue weighted by molar-refractivity contribution is -0.131. The van der Waals surface area contributed by atoms with E-state index in [1.54, 1.807) is 35.5 Å². The fourth-order valence-electron chi connectivity index (χ4n) is 3.64. The van der Waals surface area contributed by atoms with Crippen molar-refractivity contribution in [2.24, 2.45) is 14.1 Å². The Bertz CT molecular complexity index is 1140. The van der Waals surface area contributed by atoms with E-state index in [4.69, 9.17) is 0 Å². The molecule has 3 aromatic heterocycles. The van der Waals surface area contributed by atoms with Crippen LogP contribution in [-0.4, -0.2) is 60.7 Å². The smallest absolute Gasteiger partial charge is 0.332 e. The Morgan fingerprint density at radius 3 is 2.55 bits per heavy atom. The van der Waals surface area contributed by atoms with E-state index in [1.165, 1.54) is 11.6 Å². The van der Waals surface area contributed by atoms with Crippen molar-refractivity contribution in [1.82, 2.24) is 28.6 Å². The molecule has 1 aliphatic rings. The molecular formula is C18H23N7O3S. The maximum Gasteiger partial charge on any atom is 0.332 e. The molecule has 0 bridgehead atoms. The number of anilines is 1. The number of amides is 1. The molecule has 10 nitrogen and oxygen atoms in total. The fourth-order valence-corrected chi connectivity index (χ4v) is 4.34. The quantitative estimate of drug-likeness (QED) is 0.580. The van der Waals surface area contributed by atoms with Gasteiger partial charge in [-0.2, -0.15) is 0 Å². The van der Waals surface area contributed by atoms with Crippen LogP contribution in [0, 0.1) is 0 Å². The van der Waals surface area contributed by atoms with Gasteiger partial charge in [0.2, 0.25) is 5.91 Å². The molecule has 1 amide bonds. The second kappa shape index (κ2) is 7.82. The van der Waals surface area contributed by atoms with Crippen molar-refractivity contribution in [3.63, 3.8) is 0 Å². The Kier molecular flexibility index (Phi) is 5.22. The lowest BCUT2D eigenvalue weighted by Crippen LogP contribution is -2.48. The van der Waals surface area contributed by atoms with Gasteiger partial charge in [-0.3, -0.25) is 18.7 Å². The van der Waals surface area contributed by atoms with E-state index in [1.807, 2.05) is 10.3 Å². The van der Waals surface area contributed by atoms with Crippen molar-refractivity contribution in [3.8, 4) is 0 Å². The zero-order chi connectivity index (χ0) is 20.5. The number of carbonyl (C=O) groups is 1. The zero-order valence-electron chi connectivity index (χ0n) is 16.4. The maximum atomic E-state index is 12.6. The van der Waals surface area contributed by atoms with Gasteiger partial charge in [-0.15, -0.1) is 11.3 Å². The van der Waals surface area contributed by atoms with Crippen molar-refractivity contribution in [1.29, 1.82) is 0 Å². The van der Waals surface area contributed by atoms with Gasteiger partial charge in [-0.05, 0) is 6.42 Å². The first-order chi connectivity index (χ1) is 14.0. The normalized spacial score (nSPS) is 14.7. The predicted octanol–water partition coefficient (Wildman–Crippen LogP) is 0.0192. The summed E-state index contributed by atoms with van der Waals surface area (Å²) in [6.45, 7) is 3.45. The SMILES string of the molecule is Cn1c(=O)c2c(ncn2CCCC(=O)N2CCN(c3nccs3)CC2)n(C)c1=O. The highest BCUT2D eigenvalue weighted by molar-refractivity contribution is 7.13. The molecule has 4 rings (SSSR count). The molecule has 3 aromatic rings. The van der Waals surface area contributed by atoms with Crippen LogP contribution in [0.3, 0.4) is 0 Å². The summed E-state index contributed by atoms with van der Waals surface area (Å²) in [5.74, 6) is 0.119. The average molecular weight is 417 g/mol. The van der Waals surface area contributed by atoms with Gasteiger partial charge in [-0.1, -0.05) is 0 Å². The van der Waals surface area contributed by atoms with Gasteiger partial charge in [0.1, 0.15) is 0 Å².